The van der Waals surface area contributed by atoms with Crippen molar-refractivity contribution in [1.82, 2.24) is 19.5 Å². The van der Waals surface area contributed by atoms with E-state index >= 15 is 0 Å². The Labute approximate surface area is 231 Å². The van der Waals surface area contributed by atoms with Crippen LogP contribution in [0.2, 0.25) is 0 Å². The minimum absolute atomic E-state index is 0.0853. The van der Waals surface area contributed by atoms with E-state index in [1.165, 1.54) is 16.3 Å². The Kier molecular flexibility index (Phi) is 6.97. The molecule has 13 heteroatoms. The van der Waals surface area contributed by atoms with Crippen molar-refractivity contribution >= 4 is 45.7 Å². The third kappa shape index (κ3) is 4.98. The van der Waals surface area contributed by atoms with Crippen molar-refractivity contribution in [2.45, 2.75) is 38.6 Å². The number of nitrogens with zero attached hydrogens (tertiary/aromatic N) is 6. The van der Waals surface area contributed by atoms with Crippen molar-refractivity contribution < 1.29 is 27.5 Å². The number of rotatable bonds is 6. The SMILES string of the molecule is C#Cc1nc(C(=O)N(c2cc(OC(C)C)cc(C(F)(F)F)c2)C2CCN(c3nccc4c3ncn4C)C2=O)cs1. The average Bonchev–Trinajstić information content (AvgIpc) is 3.63. The number of ether oxygens (including phenoxy) is 1. The number of imidazole rings is 1. The van der Waals surface area contributed by atoms with Crippen molar-refractivity contribution in [3.8, 4) is 18.1 Å². The molecule has 1 fully saturated rings. The Morgan fingerprint density at radius 1 is 1.27 bits per heavy atom. The molecular weight excluding hydrogens is 545 g/mol. The number of hydrogen-bond acceptors (Lipinski definition) is 7. The molecule has 0 aliphatic carbocycles. The largest absolute Gasteiger partial charge is 0.491 e. The van der Waals surface area contributed by atoms with E-state index in [1.807, 2.05) is 0 Å². The van der Waals surface area contributed by atoms with Crippen LogP contribution in [0.4, 0.5) is 24.7 Å². The summed E-state index contributed by atoms with van der Waals surface area (Å²) in [5.74, 6) is 1.26. The highest BCUT2D eigenvalue weighted by Crippen LogP contribution is 2.38. The average molecular weight is 569 g/mol. The summed E-state index contributed by atoms with van der Waals surface area (Å²) in [5, 5.41) is 1.64. The number of hydrogen-bond donors (Lipinski definition) is 0. The van der Waals surface area contributed by atoms with E-state index in [-0.39, 0.29) is 35.1 Å². The van der Waals surface area contributed by atoms with Crippen LogP contribution >= 0.6 is 11.3 Å². The predicted octanol–water partition coefficient (Wildman–Crippen LogP) is 4.66. The molecule has 4 heterocycles. The molecular formula is C27H23F3N6O3S. The first-order valence-electron chi connectivity index (χ1n) is 12.2. The van der Waals surface area contributed by atoms with E-state index in [0.717, 1.165) is 33.9 Å². The molecule has 0 saturated carbocycles. The second-order valence-corrected chi connectivity index (χ2v) is 10.2. The lowest BCUT2D eigenvalue weighted by molar-refractivity contribution is -0.137. The summed E-state index contributed by atoms with van der Waals surface area (Å²) >= 11 is 1.04. The van der Waals surface area contributed by atoms with E-state index in [0.29, 0.717) is 11.3 Å². The first-order valence-corrected chi connectivity index (χ1v) is 13.1. The summed E-state index contributed by atoms with van der Waals surface area (Å²) in [4.78, 5) is 43.0. The summed E-state index contributed by atoms with van der Waals surface area (Å²) in [6.07, 6.45) is 3.50. The molecule has 1 aliphatic rings. The third-order valence-electron chi connectivity index (χ3n) is 6.30. The number of carbonyl (C=O) groups excluding carboxylic acids is 2. The van der Waals surface area contributed by atoms with Crippen molar-refractivity contribution in [3.63, 3.8) is 0 Å². The molecule has 1 aromatic carbocycles. The minimum Gasteiger partial charge on any atom is -0.491 e. The molecule has 3 aromatic heterocycles. The normalized spacial score (nSPS) is 15.6. The number of aryl methyl sites for hydroxylation is 1. The monoisotopic (exact) mass is 568 g/mol. The summed E-state index contributed by atoms with van der Waals surface area (Å²) in [6, 6.07) is 3.60. The van der Waals surface area contributed by atoms with Crippen molar-refractivity contribution in [2.75, 3.05) is 16.3 Å². The summed E-state index contributed by atoms with van der Waals surface area (Å²) in [7, 11) is 1.80. The van der Waals surface area contributed by atoms with E-state index in [4.69, 9.17) is 11.2 Å². The molecule has 1 aliphatic heterocycles. The Balaban J connectivity index is 1.62. The number of fused-ring (bicyclic) bond motifs is 1. The molecule has 1 unspecified atom stereocenters. The molecule has 1 saturated heterocycles. The molecule has 206 valence electrons. The fourth-order valence-corrected chi connectivity index (χ4v) is 5.18. The van der Waals surface area contributed by atoms with Crippen LogP contribution in [0, 0.1) is 12.3 Å². The van der Waals surface area contributed by atoms with Crippen LogP contribution in [-0.2, 0) is 18.0 Å². The van der Waals surface area contributed by atoms with Crippen LogP contribution < -0.4 is 14.5 Å². The van der Waals surface area contributed by atoms with Gasteiger partial charge in [-0.05, 0) is 44.4 Å². The zero-order chi connectivity index (χ0) is 28.8. The molecule has 40 heavy (non-hydrogen) atoms. The molecule has 0 spiro atoms. The first kappa shape index (κ1) is 27.1. The number of thiazole rings is 1. The lowest BCUT2D eigenvalue weighted by atomic mass is 10.1. The quantitative estimate of drug-likeness (QED) is 0.314. The Bertz CT molecular complexity index is 1660. The van der Waals surface area contributed by atoms with Gasteiger partial charge in [-0.2, -0.15) is 13.2 Å². The predicted molar refractivity (Wildman–Crippen MR) is 143 cm³/mol. The fourth-order valence-electron chi connectivity index (χ4n) is 4.59. The number of benzene rings is 1. The number of terminal acetylenes is 1. The molecule has 0 N–H and O–H groups in total. The maximum atomic E-state index is 13.9. The number of pyridine rings is 1. The molecule has 0 bridgehead atoms. The van der Waals surface area contributed by atoms with E-state index in [9.17, 15) is 22.8 Å². The van der Waals surface area contributed by atoms with Gasteiger partial charge >= 0.3 is 6.18 Å². The zero-order valence-electron chi connectivity index (χ0n) is 21.6. The maximum Gasteiger partial charge on any atom is 0.416 e. The second-order valence-electron chi connectivity index (χ2n) is 9.39. The molecule has 4 aromatic rings. The Morgan fingerprint density at radius 2 is 2.05 bits per heavy atom. The van der Waals surface area contributed by atoms with Crippen LogP contribution in [0.5, 0.6) is 5.75 Å². The first-order chi connectivity index (χ1) is 19.0. The van der Waals surface area contributed by atoms with Crippen molar-refractivity contribution in [2.24, 2.45) is 7.05 Å². The Morgan fingerprint density at radius 3 is 2.73 bits per heavy atom. The second kappa shape index (κ2) is 10.3. The molecule has 5 rings (SSSR count). The highest BCUT2D eigenvalue weighted by molar-refractivity contribution is 7.10. The number of amides is 2. The number of aromatic nitrogens is 4. The van der Waals surface area contributed by atoms with E-state index in [1.54, 1.807) is 44.1 Å². The van der Waals surface area contributed by atoms with Crippen molar-refractivity contribution in [1.29, 1.82) is 0 Å². The summed E-state index contributed by atoms with van der Waals surface area (Å²) in [6.45, 7) is 3.50. The topological polar surface area (TPSA) is 93.5 Å². The van der Waals surface area contributed by atoms with Gasteiger partial charge in [-0.15, -0.1) is 17.8 Å². The number of carbonyl (C=O) groups is 2. The fraction of sp³-hybridized carbons (Fsp3) is 0.296. The van der Waals surface area contributed by atoms with Crippen LogP contribution in [0.1, 0.15) is 41.3 Å². The van der Waals surface area contributed by atoms with Gasteiger partial charge < -0.3 is 9.30 Å². The third-order valence-corrected chi connectivity index (χ3v) is 7.08. The van der Waals surface area contributed by atoms with Crippen LogP contribution in [0.25, 0.3) is 11.0 Å². The van der Waals surface area contributed by atoms with Crippen LogP contribution in [0.15, 0.2) is 42.2 Å². The zero-order valence-corrected chi connectivity index (χ0v) is 22.5. The Hall–Kier alpha value is -4.44. The highest BCUT2D eigenvalue weighted by atomic mass is 32.1. The van der Waals surface area contributed by atoms with Crippen LogP contribution in [-0.4, -0.2) is 50.0 Å². The van der Waals surface area contributed by atoms with Crippen LogP contribution in [0.3, 0.4) is 0 Å². The van der Waals surface area contributed by atoms with Gasteiger partial charge in [-0.1, -0.05) is 0 Å². The molecule has 0 radical (unpaired) electrons. The number of halogens is 3. The minimum atomic E-state index is -4.73. The smallest absolute Gasteiger partial charge is 0.416 e. The van der Waals surface area contributed by atoms with Crippen molar-refractivity contribution in [3.05, 3.63) is 58.4 Å². The van der Waals surface area contributed by atoms with Gasteiger partial charge in [0.15, 0.2) is 10.8 Å². The molecule has 2 amide bonds. The number of alkyl halides is 3. The summed E-state index contributed by atoms with van der Waals surface area (Å²) in [5.41, 5.74) is -0.0374. The van der Waals surface area contributed by atoms with Gasteiger partial charge in [-0.3, -0.25) is 19.4 Å². The van der Waals surface area contributed by atoms with Gasteiger partial charge in [-0.25, -0.2) is 15.0 Å². The lowest BCUT2D eigenvalue weighted by Gasteiger charge is -2.29. The lowest BCUT2D eigenvalue weighted by Crippen LogP contribution is -2.46. The highest BCUT2D eigenvalue weighted by Gasteiger charge is 2.43. The summed E-state index contributed by atoms with van der Waals surface area (Å²) < 4.78 is 49.1. The molecule has 1 atom stereocenters. The van der Waals surface area contributed by atoms with Gasteiger partial charge in [0.25, 0.3) is 11.8 Å². The van der Waals surface area contributed by atoms with Gasteiger partial charge in [0, 0.05) is 36.9 Å². The molecule has 9 nitrogen and oxygen atoms in total. The standard InChI is InChI=1S/C27H23F3N6O3S/c1-5-22-33-19(13-40-22)25(37)36(17-10-16(27(28,29)30)11-18(12-17)39-15(2)3)21-7-9-35(26(21)38)24-23-20(6-8-31-24)34(4)14-32-23/h1,6,8,10-15,21H,7,9H2,2-4H3. The van der Waals surface area contributed by atoms with E-state index in [2.05, 4.69) is 20.9 Å². The van der Waals surface area contributed by atoms with E-state index < -0.39 is 35.7 Å². The maximum absolute atomic E-state index is 13.9. The number of anilines is 2. The van der Waals surface area contributed by atoms with Gasteiger partial charge in [0.05, 0.1) is 23.5 Å². The van der Waals surface area contributed by atoms with Gasteiger partial charge in [0.1, 0.15) is 23.0 Å². The van der Waals surface area contributed by atoms with Gasteiger partial charge in [0.2, 0.25) is 0 Å².